The molecule has 1 aromatic carbocycles. The Balaban J connectivity index is 3.31. The number of rotatable bonds is 5. The highest BCUT2D eigenvalue weighted by Crippen LogP contribution is 2.34. The van der Waals surface area contributed by atoms with Crippen LogP contribution in [0.4, 0.5) is 0 Å². The molecule has 1 aromatic rings. The number of hydrogen-bond donors (Lipinski definition) is 0. The Morgan fingerprint density at radius 1 is 1.25 bits per heavy atom. The summed E-state index contributed by atoms with van der Waals surface area (Å²) < 4.78 is 15.4. The third-order valence-electron chi connectivity index (χ3n) is 2.08. The van der Waals surface area contributed by atoms with Crippen LogP contribution in [-0.4, -0.2) is 27.6 Å². The first-order valence-corrected chi connectivity index (χ1v) is 4.61. The summed E-state index contributed by atoms with van der Waals surface area (Å²) in [6.45, 7) is 0. The van der Waals surface area contributed by atoms with Gasteiger partial charge in [-0.05, 0) is 12.1 Å². The summed E-state index contributed by atoms with van der Waals surface area (Å²) in [7, 11) is 4.55. The number of allylic oxidation sites excluding steroid dienone is 1. The van der Waals surface area contributed by atoms with Crippen molar-refractivity contribution in [3.05, 3.63) is 29.8 Å². The van der Waals surface area contributed by atoms with E-state index in [2.05, 4.69) is 0 Å². The molecule has 0 saturated carbocycles. The monoisotopic (exact) mass is 221 g/mol. The van der Waals surface area contributed by atoms with Crippen molar-refractivity contribution >= 4 is 12.0 Å². The summed E-state index contributed by atoms with van der Waals surface area (Å²) in [6, 6.07) is 5.32. The molecule has 0 fully saturated rings. The highest BCUT2D eigenvalue weighted by molar-refractivity contribution is 5.81. The van der Waals surface area contributed by atoms with Crippen molar-refractivity contribution in [3.63, 3.8) is 0 Å². The fourth-order valence-electron chi connectivity index (χ4n) is 1.38. The van der Waals surface area contributed by atoms with E-state index in [0.717, 1.165) is 0 Å². The van der Waals surface area contributed by atoms with Gasteiger partial charge in [-0.15, -0.1) is 0 Å². The molecule has 0 bridgehead atoms. The van der Waals surface area contributed by atoms with E-state index in [1.165, 1.54) is 20.3 Å². The van der Waals surface area contributed by atoms with Gasteiger partial charge in [-0.25, -0.2) is 0 Å². The normalized spacial score (nSPS) is 10.8. The maximum atomic E-state index is 10.3. The Morgan fingerprint density at radius 3 is 2.50 bits per heavy atom. The summed E-state index contributed by atoms with van der Waals surface area (Å²) in [5, 5.41) is 0. The molecule has 1 radical (unpaired) electrons. The Labute approximate surface area is 94.4 Å². The minimum Gasteiger partial charge on any atom is -0.496 e. The number of para-hydroxylation sites is 1. The van der Waals surface area contributed by atoms with Gasteiger partial charge < -0.3 is 14.2 Å². The zero-order chi connectivity index (χ0) is 12.0. The number of hydrogen-bond acceptors (Lipinski definition) is 4. The van der Waals surface area contributed by atoms with Gasteiger partial charge in [-0.1, -0.05) is 6.07 Å². The second kappa shape index (κ2) is 5.80. The zero-order valence-corrected chi connectivity index (χ0v) is 9.44. The third kappa shape index (κ3) is 2.34. The Bertz CT molecular complexity index is 396. The lowest BCUT2D eigenvalue weighted by Gasteiger charge is -2.13. The van der Waals surface area contributed by atoms with Crippen LogP contribution in [0.2, 0.25) is 0 Å². The Kier molecular flexibility index (Phi) is 4.39. The smallest absolute Gasteiger partial charge is 0.229 e. The van der Waals surface area contributed by atoms with Gasteiger partial charge in [0.1, 0.15) is 5.76 Å². The van der Waals surface area contributed by atoms with Gasteiger partial charge in [0, 0.05) is 6.08 Å². The Hall–Kier alpha value is -1.97. The molecule has 0 heterocycles. The number of benzene rings is 1. The first kappa shape index (κ1) is 12.1. The maximum Gasteiger partial charge on any atom is 0.229 e. The second-order valence-electron chi connectivity index (χ2n) is 2.87. The van der Waals surface area contributed by atoms with Crippen LogP contribution >= 0.6 is 0 Å². The van der Waals surface area contributed by atoms with Gasteiger partial charge in [0.05, 0.1) is 26.9 Å². The summed E-state index contributed by atoms with van der Waals surface area (Å²) in [5.74, 6) is 1.48. The molecule has 0 unspecified atom stereocenters. The van der Waals surface area contributed by atoms with Crippen LogP contribution in [0.1, 0.15) is 5.56 Å². The molecule has 85 valence electrons. The largest absolute Gasteiger partial charge is 0.496 e. The summed E-state index contributed by atoms with van der Waals surface area (Å²) >= 11 is 0. The molecular weight excluding hydrogens is 208 g/mol. The summed E-state index contributed by atoms with van der Waals surface area (Å²) in [6.07, 6.45) is 2.88. The van der Waals surface area contributed by atoms with Crippen molar-refractivity contribution in [2.45, 2.75) is 0 Å². The molecule has 0 saturated heterocycles. The number of carbonyl (C=O) groups excluding carboxylic acids is 1. The number of methoxy groups -OCH3 is 3. The molecule has 0 aliphatic carbocycles. The predicted octanol–water partition coefficient (Wildman–Crippen LogP) is 1.80. The summed E-state index contributed by atoms with van der Waals surface area (Å²) in [4.78, 5) is 10.3. The van der Waals surface area contributed by atoms with E-state index in [4.69, 9.17) is 14.2 Å². The van der Waals surface area contributed by atoms with E-state index >= 15 is 0 Å². The molecule has 1 rings (SSSR count). The average Bonchev–Trinajstić information content (AvgIpc) is 2.34. The van der Waals surface area contributed by atoms with Crippen molar-refractivity contribution < 1.29 is 19.0 Å². The van der Waals surface area contributed by atoms with E-state index in [-0.39, 0.29) is 0 Å². The van der Waals surface area contributed by atoms with Crippen molar-refractivity contribution in [3.8, 4) is 11.5 Å². The molecule has 16 heavy (non-hydrogen) atoms. The van der Waals surface area contributed by atoms with Crippen LogP contribution in [0.25, 0.3) is 5.76 Å². The molecule has 0 amide bonds. The highest BCUT2D eigenvalue weighted by atomic mass is 16.5. The first-order chi connectivity index (χ1) is 7.78. The maximum absolute atomic E-state index is 10.3. The van der Waals surface area contributed by atoms with Crippen molar-refractivity contribution in [2.75, 3.05) is 21.3 Å². The van der Waals surface area contributed by atoms with Crippen LogP contribution < -0.4 is 9.47 Å². The van der Waals surface area contributed by atoms with Gasteiger partial charge in [0.15, 0.2) is 11.5 Å². The van der Waals surface area contributed by atoms with E-state index in [1.807, 2.05) is 0 Å². The fraction of sp³-hybridized carbons (Fsp3) is 0.250. The quantitative estimate of drug-likeness (QED) is 0.561. The molecule has 4 nitrogen and oxygen atoms in total. The van der Waals surface area contributed by atoms with Gasteiger partial charge in [-0.2, -0.15) is 0 Å². The van der Waals surface area contributed by atoms with Crippen molar-refractivity contribution in [1.29, 1.82) is 0 Å². The van der Waals surface area contributed by atoms with Crippen LogP contribution in [0, 0.1) is 0 Å². The lowest BCUT2D eigenvalue weighted by atomic mass is 10.1. The molecule has 0 aromatic heterocycles. The predicted molar refractivity (Wildman–Crippen MR) is 60.2 cm³/mol. The van der Waals surface area contributed by atoms with Gasteiger partial charge >= 0.3 is 0 Å². The summed E-state index contributed by atoms with van der Waals surface area (Å²) in [5.41, 5.74) is 0.646. The van der Waals surface area contributed by atoms with Crippen molar-refractivity contribution in [2.24, 2.45) is 0 Å². The molecule has 0 aliphatic rings. The molecule has 4 heteroatoms. The second-order valence-corrected chi connectivity index (χ2v) is 2.87. The minimum atomic E-state index is 0.380. The lowest BCUT2D eigenvalue weighted by molar-refractivity contribution is 0.342. The molecular formula is C12H13O4. The molecule has 0 N–H and O–H groups in total. The van der Waals surface area contributed by atoms with Gasteiger partial charge in [0.2, 0.25) is 6.29 Å². The SMILES string of the molecule is COC(=C[C]=O)c1cccc(OC)c1OC. The molecule has 0 aliphatic heterocycles. The number of ether oxygens (including phenoxy) is 3. The molecule has 0 spiro atoms. The first-order valence-electron chi connectivity index (χ1n) is 4.61. The standard InChI is InChI=1S/C12H13O4/c1-14-10(7-8-13)9-5-4-6-11(15-2)12(9)16-3/h4-7H,1-3H3. The van der Waals surface area contributed by atoms with Crippen LogP contribution in [0.3, 0.4) is 0 Å². The van der Waals surface area contributed by atoms with Gasteiger partial charge in [-0.3, -0.25) is 4.79 Å². The molecule has 0 atom stereocenters. The third-order valence-corrected chi connectivity index (χ3v) is 2.08. The van der Waals surface area contributed by atoms with Crippen LogP contribution in [0.5, 0.6) is 11.5 Å². The average molecular weight is 221 g/mol. The van der Waals surface area contributed by atoms with Gasteiger partial charge in [0.25, 0.3) is 0 Å². The Morgan fingerprint density at radius 2 is 2.00 bits per heavy atom. The van der Waals surface area contributed by atoms with Crippen molar-refractivity contribution in [1.82, 2.24) is 0 Å². The lowest BCUT2D eigenvalue weighted by Crippen LogP contribution is -1.97. The highest BCUT2D eigenvalue weighted by Gasteiger charge is 2.13. The topological polar surface area (TPSA) is 44.8 Å². The zero-order valence-electron chi connectivity index (χ0n) is 9.44. The van der Waals surface area contributed by atoms with E-state index in [0.29, 0.717) is 22.8 Å². The van der Waals surface area contributed by atoms with Crippen LogP contribution in [0.15, 0.2) is 24.3 Å². The van der Waals surface area contributed by atoms with E-state index < -0.39 is 0 Å². The fourth-order valence-corrected chi connectivity index (χ4v) is 1.38. The van der Waals surface area contributed by atoms with Crippen LogP contribution in [-0.2, 0) is 9.53 Å². The minimum absolute atomic E-state index is 0.380. The van der Waals surface area contributed by atoms with E-state index in [9.17, 15) is 4.79 Å². The van der Waals surface area contributed by atoms with E-state index in [1.54, 1.807) is 31.6 Å².